The summed E-state index contributed by atoms with van der Waals surface area (Å²) < 4.78 is 0. The van der Waals surface area contributed by atoms with Gasteiger partial charge in [-0.05, 0) is 43.5 Å². The minimum atomic E-state index is 0.0490. The van der Waals surface area contributed by atoms with Crippen molar-refractivity contribution in [2.45, 2.75) is 38.8 Å². The molecule has 0 fully saturated rings. The van der Waals surface area contributed by atoms with Crippen LogP contribution >= 0.6 is 34.8 Å². The molecule has 0 radical (unpaired) electrons. The molecule has 1 aromatic carbocycles. The van der Waals surface area contributed by atoms with Gasteiger partial charge in [0, 0.05) is 28.0 Å². The van der Waals surface area contributed by atoms with Crippen LogP contribution < -0.4 is 5.32 Å². The average molecular weight is 295 g/mol. The lowest BCUT2D eigenvalue weighted by molar-refractivity contribution is 0.331. The van der Waals surface area contributed by atoms with Crippen LogP contribution in [0, 0.1) is 0 Å². The summed E-state index contributed by atoms with van der Waals surface area (Å²) in [7, 11) is 0. The van der Waals surface area contributed by atoms with Crippen molar-refractivity contribution >= 4 is 34.8 Å². The maximum absolute atomic E-state index is 6.12. The van der Waals surface area contributed by atoms with E-state index >= 15 is 0 Å². The molecule has 0 saturated heterocycles. The van der Waals surface area contributed by atoms with E-state index in [1.54, 1.807) is 6.07 Å². The number of alkyl halides is 1. The van der Waals surface area contributed by atoms with Crippen molar-refractivity contribution in [3.05, 3.63) is 33.8 Å². The molecule has 1 unspecified atom stereocenters. The van der Waals surface area contributed by atoms with E-state index in [9.17, 15) is 0 Å². The lowest BCUT2D eigenvalue weighted by Crippen LogP contribution is -2.41. The molecule has 0 aliphatic heterocycles. The van der Waals surface area contributed by atoms with Gasteiger partial charge in [0.2, 0.25) is 0 Å². The van der Waals surface area contributed by atoms with Crippen molar-refractivity contribution in [2.24, 2.45) is 0 Å². The third-order valence-corrected chi connectivity index (χ3v) is 3.93. The van der Waals surface area contributed by atoms with Crippen molar-refractivity contribution in [1.29, 1.82) is 0 Å². The zero-order chi connectivity index (χ0) is 12.9. The molecule has 0 aromatic heterocycles. The van der Waals surface area contributed by atoms with Gasteiger partial charge in [-0.15, -0.1) is 11.6 Å². The molecule has 1 N–H and O–H groups in total. The summed E-state index contributed by atoms with van der Waals surface area (Å²) in [6.07, 6.45) is 1.96. The molecule has 1 atom stereocenters. The first-order valence-electron chi connectivity index (χ1n) is 5.75. The number of halogens is 3. The van der Waals surface area contributed by atoms with Crippen LogP contribution in [0.4, 0.5) is 0 Å². The van der Waals surface area contributed by atoms with Crippen molar-refractivity contribution in [2.75, 3.05) is 5.88 Å². The molecule has 0 bridgehead atoms. The molecule has 0 amide bonds. The van der Waals surface area contributed by atoms with E-state index in [1.807, 2.05) is 12.1 Å². The van der Waals surface area contributed by atoms with Gasteiger partial charge >= 0.3 is 0 Å². The highest BCUT2D eigenvalue weighted by atomic mass is 35.5. The molecular formula is C13H18Cl3N. The highest BCUT2D eigenvalue weighted by Crippen LogP contribution is 2.22. The largest absolute Gasteiger partial charge is 0.307 e. The fourth-order valence-electron chi connectivity index (χ4n) is 1.59. The predicted molar refractivity (Wildman–Crippen MR) is 77.3 cm³/mol. The Hall–Kier alpha value is 0.0500. The molecule has 17 heavy (non-hydrogen) atoms. The van der Waals surface area contributed by atoms with Gasteiger partial charge in [-0.2, -0.15) is 0 Å². The molecule has 0 heterocycles. The predicted octanol–water partition coefficient (Wildman–Crippen LogP) is 4.88. The fourth-order valence-corrected chi connectivity index (χ4v) is 2.38. The van der Waals surface area contributed by atoms with Crippen molar-refractivity contribution in [3.63, 3.8) is 0 Å². The highest BCUT2D eigenvalue weighted by Gasteiger charge is 2.20. The van der Waals surface area contributed by atoms with Crippen molar-refractivity contribution in [1.82, 2.24) is 5.32 Å². The van der Waals surface area contributed by atoms with Gasteiger partial charge in [0.15, 0.2) is 0 Å². The maximum Gasteiger partial charge on any atom is 0.0451 e. The van der Waals surface area contributed by atoms with Crippen molar-refractivity contribution in [3.8, 4) is 0 Å². The highest BCUT2D eigenvalue weighted by molar-refractivity contribution is 6.33. The number of hydrogen-bond donors (Lipinski definition) is 1. The quantitative estimate of drug-likeness (QED) is 0.737. The number of nitrogens with one attached hydrogen (secondary N) is 1. The van der Waals surface area contributed by atoms with Crippen LogP contribution in [0.2, 0.25) is 10.0 Å². The van der Waals surface area contributed by atoms with Gasteiger partial charge in [0.1, 0.15) is 0 Å². The summed E-state index contributed by atoms with van der Waals surface area (Å²) in [5.41, 5.74) is 1.07. The second kappa shape index (κ2) is 6.84. The molecule has 0 aliphatic carbocycles. The fraction of sp³-hybridized carbons (Fsp3) is 0.538. The first-order valence-corrected chi connectivity index (χ1v) is 7.05. The van der Waals surface area contributed by atoms with Gasteiger partial charge in [-0.25, -0.2) is 0 Å². The zero-order valence-electron chi connectivity index (χ0n) is 10.2. The Balaban J connectivity index is 2.68. The Labute approximate surface area is 118 Å². The van der Waals surface area contributed by atoms with Crippen LogP contribution in [0.15, 0.2) is 18.2 Å². The smallest absolute Gasteiger partial charge is 0.0451 e. The molecular weight excluding hydrogens is 277 g/mol. The van der Waals surface area contributed by atoms with Crippen LogP contribution in [-0.4, -0.2) is 11.4 Å². The SMILES string of the molecule is CCC(C)(CCCl)NCc1cc(Cl)ccc1Cl. The summed E-state index contributed by atoms with van der Waals surface area (Å²) >= 11 is 17.9. The topological polar surface area (TPSA) is 12.0 Å². The van der Waals surface area contributed by atoms with Gasteiger partial charge in [-0.1, -0.05) is 30.1 Å². The minimum absolute atomic E-state index is 0.0490. The molecule has 1 aromatic rings. The Morgan fingerprint density at radius 3 is 2.59 bits per heavy atom. The summed E-state index contributed by atoms with van der Waals surface area (Å²) in [5, 5.41) is 4.96. The van der Waals surface area contributed by atoms with E-state index in [1.165, 1.54) is 0 Å². The lowest BCUT2D eigenvalue weighted by Gasteiger charge is -2.29. The second-order valence-electron chi connectivity index (χ2n) is 4.44. The Morgan fingerprint density at radius 1 is 1.29 bits per heavy atom. The Bertz CT molecular complexity index is 368. The third kappa shape index (κ3) is 4.67. The van der Waals surface area contributed by atoms with E-state index < -0.39 is 0 Å². The Kier molecular flexibility index (Phi) is 6.08. The first-order chi connectivity index (χ1) is 8.00. The van der Waals surface area contributed by atoms with E-state index in [0.717, 1.165) is 23.4 Å². The molecule has 96 valence electrons. The van der Waals surface area contributed by atoms with E-state index in [4.69, 9.17) is 34.8 Å². The second-order valence-corrected chi connectivity index (χ2v) is 5.66. The molecule has 4 heteroatoms. The number of hydrogen-bond acceptors (Lipinski definition) is 1. The lowest BCUT2D eigenvalue weighted by atomic mass is 9.95. The molecule has 0 spiro atoms. The van der Waals surface area contributed by atoms with Gasteiger partial charge in [-0.3, -0.25) is 0 Å². The van der Waals surface area contributed by atoms with E-state index in [0.29, 0.717) is 17.4 Å². The van der Waals surface area contributed by atoms with E-state index in [2.05, 4.69) is 19.2 Å². The van der Waals surface area contributed by atoms with E-state index in [-0.39, 0.29) is 5.54 Å². The zero-order valence-corrected chi connectivity index (χ0v) is 12.5. The first kappa shape index (κ1) is 15.1. The number of benzene rings is 1. The standard InChI is InChI=1S/C13H18Cl3N/c1-3-13(2,6-7-14)17-9-10-8-11(15)4-5-12(10)16/h4-5,8,17H,3,6-7,9H2,1-2H3. The Morgan fingerprint density at radius 2 is 2.00 bits per heavy atom. The molecule has 1 nitrogen and oxygen atoms in total. The molecule has 0 saturated carbocycles. The summed E-state index contributed by atoms with van der Waals surface area (Å²) in [4.78, 5) is 0. The van der Waals surface area contributed by atoms with Crippen LogP contribution in [-0.2, 0) is 6.54 Å². The average Bonchev–Trinajstić information content (AvgIpc) is 2.31. The van der Waals surface area contributed by atoms with Crippen LogP contribution in [0.25, 0.3) is 0 Å². The molecule has 1 rings (SSSR count). The van der Waals surface area contributed by atoms with Crippen LogP contribution in [0.5, 0.6) is 0 Å². The van der Waals surface area contributed by atoms with Crippen molar-refractivity contribution < 1.29 is 0 Å². The monoisotopic (exact) mass is 293 g/mol. The summed E-state index contributed by atoms with van der Waals surface area (Å²) in [6, 6.07) is 5.52. The summed E-state index contributed by atoms with van der Waals surface area (Å²) in [5.74, 6) is 0.653. The van der Waals surface area contributed by atoms with Gasteiger partial charge < -0.3 is 5.32 Å². The minimum Gasteiger partial charge on any atom is -0.307 e. The van der Waals surface area contributed by atoms with Crippen LogP contribution in [0.1, 0.15) is 32.3 Å². The maximum atomic E-state index is 6.12. The third-order valence-electron chi connectivity index (χ3n) is 3.14. The van der Waals surface area contributed by atoms with Gasteiger partial charge in [0.25, 0.3) is 0 Å². The number of rotatable bonds is 6. The normalized spacial score (nSPS) is 14.6. The van der Waals surface area contributed by atoms with Gasteiger partial charge in [0.05, 0.1) is 0 Å². The van der Waals surface area contributed by atoms with Crippen LogP contribution in [0.3, 0.4) is 0 Å². The summed E-state index contributed by atoms with van der Waals surface area (Å²) in [6.45, 7) is 5.04. The molecule has 0 aliphatic rings.